The molecule has 0 saturated heterocycles. The van der Waals surface area contributed by atoms with Gasteiger partial charge >= 0.3 is 0 Å². The van der Waals surface area contributed by atoms with Crippen LogP contribution in [0.15, 0.2) is 29.3 Å². The first kappa shape index (κ1) is 10.3. The fourth-order valence-electron chi connectivity index (χ4n) is 0.974. The van der Waals surface area contributed by atoms with Crippen molar-refractivity contribution in [3.63, 3.8) is 0 Å². The molecule has 0 saturated carbocycles. The van der Waals surface area contributed by atoms with E-state index in [9.17, 15) is 0 Å². The van der Waals surface area contributed by atoms with Crippen molar-refractivity contribution in [2.45, 2.75) is 6.92 Å². The second-order valence-electron chi connectivity index (χ2n) is 2.54. The SMILES string of the molecule is CCOc1cccc(N=C(N)NO)c1. The van der Waals surface area contributed by atoms with Gasteiger partial charge in [-0.2, -0.15) is 0 Å². The van der Waals surface area contributed by atoms with Gasteiger partial charge in [-0.25, -0.2) is 10.5 Å². The minimum atomic E-state index is -0.0568. The fourth-order valence-corrected chi connectivity index (χ4v) is 0.974. The minimum absolute atomic E-state index is 0.0568. The highest BCUT2D eigenvalue weighted by atomic mass is 16.5. The van der Waals surface area contributed by atoms with Crippen molar-refractivity contribution >= 4 is 11.6 Å². The number of nitrogens with two attached hydrogens (primary N) is 1. The van der Waals surface area contributed by atoms with Gasteiger partial charge in [0.05, 0.1) is 12.3 Å². The topological polar surface area (TPSA) is 79.9 Å². The van der Waals surface area contributed by atoms with Crippen LogP contribution in [0.5, 0.6) is 5.75 Å². The molecule has 0 aromatic heterocycles. The van der Waals surface area contributed by atoms with Crippen molar-refractivity contribution in [3.05, 3.63) is 24.3 Å². The lowest BCUT2D eigenvalue weighted by molar-refractivity contribution is 0.233. The number of rotatable bonds is 3. The molecule has 0 heterocycles. The normalized spacial score (nSPS) is 11.1. The van der Waals surface area contributed by atoms with Crippen molar-refractivity contribution < 1.29 is 9.94 Å². The van der Waals surface area contributed by atoms with Crippen molar-refractivity contribution in [1.82, 2.24) is 5.48 Å². The number of guanidine groups is 1. The second-order valence-corrected chi connectivity index (χ2v) is 2.54. The molecule has 0 unspecified atom stereocenters. The van der Waals surface area contributed by atoms with Crippen LogP contribution < -0.4 is 16.0 Å². The summed E-state index contributed by atoms with van der Waals surface area (Å²) < 4.78 is 5.27. The van der Waals surface area contributed by atoms with Crippen LogP contribution in [-0.2, 0) is 0 Å². The Hall–Kier alpha value is -1.75. The lowest BCUT2D eigenvalue weighted by Gasteiger charge is -2.03. The van der Waals surface area contributed by atoms with Gasteiger partial charge in [0.15, 0.2) is 0 Å². The van der Waals surface area contributed by atoms with Crippen LogP contribution in [0, 0.1) is 0 Å². The van der Waals surface area contributed by atoms with Crippen LogP contribution in [0.3, 0.4) is 0 Å². The van der Waals surface area contributed by atoms with Crippen LogP contribution >= 0.6 is 0 Å². The van der Waals surface area contributed by atoms with Crippen LogP contribution in [0.1, 0.15) is 6.92 Å². The number of hydrogen-bond donors (Lipinski definition) is 3. The van der Waals surface area contributed by atoms with Gasteiger partial charge in [-0.05, 0) is 19.1 Å². The largest absolute Gasteiger partial charge is 0.494 e. The van der Waals surface area contributed by atoms with Gasteiger partial charge in [0.25, 0.3) is 0 Å². The Morgan fingerprint density at radius 3 is 3.07 bits per heavy atom. The highest BCUT2D eigenvalue weighted by Gasteiger charge is 1.95. The lowest BCUT2D eigenvalue weighted by Crippen LogP contribution is -2.27. The van der Waals surface area contributed by atoms with E-state index in [-0.39, 0.29) is 5.96 Å². The first-order valence-electron chi connectivity index (χ1n) is 4.23. The van der Waals surface area contributed by atoms with Crippen LogP contribution in [0.2, 0.25) is 0 Å². The Morgan fingerprint density at radius 1 is 1.64 bits per heavy atom. The smallest absolute Gasteiger partial charge is 0.218 e. The highest BCUT2D eigenvalue weighted by molar-refractivity contribution is 5.79. The maximum Gasteiger partial charge on any atom is 0.218 e. The zero-order valence-electron chi connectivity index (χ0n) is 7.90. The van der Waals surface area contributed by atoms with Gasteiger partial charge in [-0.15, -0.1) is 0 Å². The van der Waals surface area contributed by atoms with Gasteiger partial charge in [-0.3, -0.25) is 5.21 Å². The van der Waals surface area contributed by atoms with Gasteiger partial charge in [0.1, 0.15) is 5.75 Å². The predicted octanol–water partition coefficient (Wildman–Crippen LogP) is 1.01. The Kier molecular flexibility index (Phi) is 3.75. The van der Waals surface area contributed by atoms with E-state index in [4.69, 9.17) is 15.7 Å². The number of benzene rings is 1. The summed E-state index contributed by atoms with van der Waals surface area (Å²) >= 11 is 0. The third-order valence-electron chi connectivity index (χ3n) is 1.49. The number of hydroxylamine groups is 1. The molecular weight excluding hydrogens is 182 g/mol. The number of ether oxygens (including phenoxy) is 1. The molecule has 0 radical (unpaired) electrons. The molecule has 14 heavy (non-hydrogen) atoms. The number of aliphatic imine (C=N–C) groups is 1. The highest BCUT2D eigenvalue weighted by Crippen LogP contribution is 2.19. The maximum absolute atomic E-state index is 8.43. The van der Waals surface area contributed by atoms with E-state index in [2.05, 4.69) is 4.99 Å². The summed E-state index contributed by atoms with van der Waals surface area (Å²) in [5.74, 6) is 0.665. The molecule has 1 aromatic carbocycles. The zero-order valence-corrected chi connectivity index (χ0v) is 7.90. The van der Waals surface area contributed by atoms with E-state index in [1.54, 1.807) is 23.7 Å². The Balaban J connectivity index is 2.83. The van der Waals surface area contributed by atoms with E-state index in [0.717, 1.165) is 5.75 Å². The quantitative estimate of drug-likeness (QED) is 0.382. The van der Waals surface area contributed by atoms with E-state index < -0.39 is 0 Å². The third kappa shape index (κ3) is 2.95. The summed E-state index contributed by atoms with van der Waals surface area (Å²) in [6.45, 7) is 2.50. The van der Waals surface area contributed by atoms with Gasteiger partial charge < -0.3 is 10.5 Å². The second kappa shape index (κ2) is 5.08. The summed E-state index contributed by atoms with van der Waals surface area (Å²) in [4.78, 5) is 3.87. The summed E-state index contributed by atoms with van der Waals surface area (Å²) in [7, 11) is 0. The molecular formula is C9H13N3O2. The molecule has 0 fully saturated rings. The minimum Gasteiger partial charge on any atom is -0.494 e. The summed E-state index contributed by atoms with van der Waals surface area (Å²) in [6.07, 6.45) is 0. The average molecular weight is 195 g/mol. The standard InChI is InChI=1S/C9H13N3O2/c1-2-14-8-5-3-4-7(6-8)11-9(10)12-13/h3-6,13H,2H2,1H3,(H3,10,11,12). The molecule has 5 heteroatoms. The van der Waals surface area contributed by atoms with Crippen LogP contribution in [-0.4, -0.2) is 17.8 Å². The first-order valence-corrected chi connectivity index (χ1v) is 4.23. The van der Waals surface area contributed by atoms with Gasteiger partial charge in [0, 0.05) is 6.07 Å². The number of nitrogens with one attached hydrogen (secondary N) is 1. The summed E-state index contributed by atoms with van der Waals surface area (Å²) in [5, 5.41) is 8.43. The molecule has 0 aliphatic carbocycles. The van der Waals surface area contributed by atoms with Crippen molar-refractivity contribution in [1.29, 1.82) is 0 Å². The lowest BCUT2D eigenvalue weighted by atomic mass is 10.3. The van der Waals surface area contributed by atoms with Gasteiger partial charge in [0.2, 0.25) is 5.96 Å². The molecule has 0 amide bonds. The molecule has 76 valence electrons. The Bertz CT molecular complexity index is 326. The molecule has 1 rings (SSSR count). The van der Waals surface area contributed by atoms with Crippen molar-refractivity contribution in [2.75, 3.05) is 6.61 Å². The van der Waals surface area contributed by atoms with Crippen LogP contribution in [0.25, 0.3) is 0 Å². The zero-order chi connectivity index (χ0) is 10.4. The molecule has 0 atom stereocenters. The van der Waals surface area contributed by atoms with Gasteiger partial charge in [-0.1, -0.05) is 6.07 Å². The summed E-state index contributed by atoms with van der Waals surface area (Å²) in [5.41, 5.74) is 7.65. The predicted molar refractivity (Wildman–Crippen MR) is 53.8 cm³/mol. The van der Waals surface area contributed by atoms with E-state index in [0.29, 0.717) is 12.3 Å². The van der Waals surface area contributed by atoms with Crippen molar-refractivity contribution in [2.24, 2.45) is 10.7 Å². The molecule has 0 aliphatic rings. The third-order valence-corrected chi connectivity index (χ3v) is 1.49. The average Bonchev–Trinajstić information content (AvgIpc) is 2.19. The number of nitrogens with zero attached hydrogens (tertiary/aromatic N) is 1. The van der Waals surface area contributed by atoms with E-state index >= 15 is 0 Å². The first-order chi connectivity index (χ1) is 6.76. The van der Waals surface area contributed by atoms with E-state index in [1.165, 1.54) is 0 Å². The Morgan fingerprint density at radius 2 is 2.43 bits per heavy atom. The molecule has 0 spiro atoms. The molecule has 0 aliphatic heterocycles. The van der Waals surface area contributed by atoms with Crippen LogP contribution in [0.4, 0.5) is 5.69 Å². The van der Waals surface area contributed by atoms with Crippen molar-refractivity contribution in [3.8, 4) is 5.75 Å². The molecule has 4 N–H and O–H groups in total. The van der Waals surface area contributed by atoms with E-state index in [1.807, 2.05) is 13.0 Å². The number of hydrogen-bond acceptors (Lipinski definition) is 3. The molecule has 0 bridgehead atoms. The maximum atomic E-state index is 8.43. The Labute approximate surface area is 82.2 Å². The molecule has 1 aromatic rings. The molecule has 5 nitrogen and oxygen atoms in total. The summed E-state index contributed by atoms with van der Waals surface area (Å²) in [6, 6.07) is 7.11. The monoisotopic (exact) mass is 195 g/mol. The fraction of sp³-hybridized carbons (Fsp3) is 0.222.